The van der Waals surface area contributed by atoms with Crippen LogP contribution in [0, 0.1) is 5.82 Å². The lowest BCUT2D eigenvalue weighted by atomic mass is 10.1. The number of rotatable bonds is 7. The number of halogens is 5. The molecular weight excluding hydrogens is 606 g/mol. The van der Waals surface area contributed by atoms with E-state index in [1.807, 2.05) is 0 Å². The van der Waals surface area contributed by atoms with Crippen LogP contribution >= 0.6 is 15.9 Å². The second-order valence-corrected chi connectivity index (χ2v) is 9.66. The average Bonchev–Trinajstić information content (AvgIpc) is 2.96. The van der Waals surface area contributed by atoms with E-state index in [4.69, 9.17) is 9.47 Å². The highest BCUT2D eigenvalue weighted by atomic mass is 79.9. The predicted molar refractivity (Wildman–Crippen MR) is 151 cm³/mol. The minimum Gasteiger partial charge on any atom is -0.493 e. The number of para-hydroxylation sites is 1. The Morgan fingerprint density at radius 3 is 2.51 bits per heavy atom. The van der Waals surface area contributed by atoms with Crippen molar-refractivity contribution < 1.29 is 27.0 Å². The summed E-state index contributed by atoms with van der Waals surface area (Å²) in [7, 11) is 1.43. The van der Waals surface area contributed by atoms with Crippen molar-refractivity contribution in [3.05, 3.63) is 122 Å². The van der Waals surface area contributed by atoms with E-state index in [0.717, 1.165) is 16.8 Å². The van der Waals surface area contributed by atoms with Crippen LogP contribution in [0.2, 0.25) is 0 Å². The minimum absolute atomic E-state index is 0.0480. The first kappa shape index (κ1) is 28.0. The number of hydrogen-bond donors (Lipinski definition) is 0. The van der Waals surface area contributed by atoms with E-state index in [0.29, 0.717) is 32.6 Å². The van der Waals surface area contributed by atoms with E-state index >= 15 is 0 Å². The summed E-state index contributed by atoms with van der Waals surface area (Å²) in [5.74, 6) is 0.158. The molecule has 0 N–H and O–H groups in total. The molecule has 208 valence electrons. The van der Waals surface area contributed by atoms with Gasteiger partial charge in [-0.3, -0.25) is 4.79 Å². The van der Waals surface area contributed by atoms with Crippen molar-refractivity contribution in [2.75, 3.05) is 7.11 Å². The van der Waals surface area contributed by atoms with Crippen LogP contribution in [0.25, 0.3) is 22.3 Å². The third-order valence-electron chi connectivity index (χ3n) is 6.11. The van der Waals surface area contributed by atoms with Crippen molar-refractivity contribution in [3.63, 3.8) is 0 Å². The van der Waals surface area contributed by atoms with Gasteiger partial charge in [0, 0.05) is 11.1 Å². The second kappa shape index (κ2) is 11.5. The molecule has 0 bridgehead atoms. The number of hydrogen-bond acceptors (Lipinski definition) is 5. The Labute approximate surface area is 239 Å². The summed E-state index contributed by atoms with van der Waals surface area (Å²) < 4.78 is 67.0. The van der Waals surface area contributed by atoms with E-state index in [1.54, 1.807) is 54.6 Å². The van der Waals surface area contributed by atoms with E-state index in [1.165, 1.54) is 31.5 Å². The normalized spacial score (nSPS) is 11.8. The van der Waals surface area contributed by atoms with E-state index in [-0.39, 0.29) is 23.4 Å². The molecule has 0 aliphatic rings. The van der Waals surface area contributed by atoms with Crippen molar-refractivity contribution in [1.82, 2.24) is 9.66 Å². The smallest absolute Gasteiger partial charge is 0.416 e. The number of aromatic nitrogens is 2. The average molecular weight is 626 g/mol. The standard InChI is InChI=1S/C30H20BrF4N3O3/c1-40-26-14-18(13-23(31)27(26)41-17-20-7-2-4-11-24(20)32)16-36-38-28(19-8-6-9-21(15-19)30(33,34)35)37-25-12-5-3-10-22(25)29(38)39/h2-16H,17H2,1H3. The van der Waals surface area contributed by atoms with Gasteiger partial charge in [-0.15, -0.1) is 0 Å². The number of methoxy groups -OCH3 is 1. The van der Waals surface area contributed by atoms with Gasteiger partial charge in [0.25, 0.3) is 5.56 Å². The van der Waals surface area contributed by atoms with Gasteiger partial charge in [0.2, 0.25) is 0 Å². The Morgan fingerprint density at radius 2 is 1.76 bits per heavy atom. The Kier molecular flexibility index (Phi) is 7.89. The zero-order chi connectivity index (χ0) is 29.1. The quantitative estimate of drug-likeness (QED) is 0.139. The van der Waals surface area contributed by atoms with Crippen LogP contribution in [0.4, 0.5) is 17.6 Å². The largest absolute Gasteiger partial charge is 0.493 e. The summed E-state index contributed by atoms with van der Waals surface area (Å²) in [5, 5.41) is 4.56. The van der Waals surface area contributed by atoms with Gasteiger partial charge in [-0.25, -0.2) is 9.37 Å². The van der Waals surface area contributed by atoms with Crippen molar-refractivity contribution in [2.24, 2.45) is 5.10 Å². The Morgan fingerprint density at radius 1 is 1.00 bits per heavy atom. The van der Waals surface area contributed by atoms with Gasteiger partial charge in [0.05, 0.1) is 34.3 Å². The zero-order valence-corrected chi connectivity index (χ0v) is 22.9. The van der Waals surface area contributed by atoms with Gasteiger partial charge in [-0.1, -0.05) is 42.5 Å². The van der Waals surface area contributed by atoms with Crippen molar-refractivity contribution >= 4 is 33.0 Å². The molecule has 0 saturated heterocycles. The maximum atomic E-state index is 14.0. The minimum atomic E-state index is -4.58. The molecule has 5 aromatic rings. The fourth-order valence-electron chi connectivity index (χ4n) is 4.10. The highest BCUT2D eigenvalue weighted by Crippen LogP contribution is 2.37. The monoisotopic (exact) mass is 625 g/mol. The van der Waals surface area contributed by atoms with Crippen molar-refractivity contribution in [3.8, 4) is 22.9 Å². The summed E-state index contributed by atoms with van der Waals surface area (Å²) in [5.41, 5.74) is -0.227. The molecule has 1 heterocycles. The number of alkyl halides is 3. The molecule has 1 aromatic heterocycles. The molecule has 0 unspecified atom stereocenters. The number of nitrogens with zero attached hydrogens (tertiary/aromatic N) is 3. The topological polar surface area (TPSA) is 65.7 Å². The van der Waals surface area contributed by atoms with Gasteiger partial charge in [0.1, 0.15) is 12.4 Å². The molecule has 0 radical (unpaired) electrons. The van der Waals surface area contributed by atoms with E-state index in [9.17, 15) is 22.4 Å². The van der Waals surface area contributed by atoms with Gasteiger partial charge in [-0.2, -0.15) is 22.9 Å². The van der Waals surface area contributed by atoms with Crippen LogP contribution in [-0.4, -0.2) is 23.0 Å². The maximum absolute atomic E-state index is 14.0. The molecule has 0 atom stereocenters. The molecule has 6 nitrogen and oxygen atoms in total. The predicted octanol–water partition coefficient (Wildman–Crippen LogP) is 7.45. The summed E-state index contributed by atoms with van der Waals surface area (Å²) in [6, 6.07) is 20.5. The Balaban J connectivity index is 1.56. The second-order valence-electron chi connectivity index (χ2n) is 8.81. The highest BCUT2D eigenvalue weighted by molar-refractivity contribution is 9.10. The summed E-state index contributed by atoms with van der Waals surface area (Å²) >= 11 is 3.43. The number of fused-ring (bicyclic) bond motifs is 1. The molecule has 0 spiro atoms. The number of benzene rings is 4. The number of ether oxygens (including phenoxy) is 2. The molecule has 0 fully saturated rings. The summed E-state index contributed by atoms with van der Waals surface area (Å²) in [6.07, 6.45) is -3.23. The first-order valence-corrected chi connectivity index (χ1v) is 12.9. The van der Waals surface area contributed by atoms with Crippen LogP contribution in [0.5, 0.6) is 11.5 Å². The van der Waals surface area contributed by atoms with Crippen LogP contribution in [0.3, 0.4) is 0 Å². The molecule has 41 heavy (non-hydrogen) atoms. The molecular formula is C30H20BrF4N3O3. The summed E-state index contributed by atoms with van der Waals surface area (Å²) in [6.45, 7) is -0.0480. The van der Waals surface area contributed by atoms with Crippen LogP contribution in [0.15, 0.2) is 99.3 Å². The van der Waals surface area contributed by atoms with Gasteiger partial charge in [-0.05, 0) is 64.0 Å². The van der Waals surface area contributed by atoms with E-state index in [2.05, 4.69) is 26.0 Å². The van der Waals surface area contributed by atoms with Gasteiger partial charge in [0.15, 0.2) is 17.3 Å². The van der Waals surface area contributed by atoms with E-state index < -0.39 is 23.1 Å². The molecule has 4 aromatic carbocycles. The molecule has 0 amide bonds. The lowest BCUT2D eigenvalue weighted by Crippen LogP contribution is -2.20. The third-order valence-corrected chi connectivity index (χ3v) is 6.69. The fraction of sp³-hybridized carbons (Fsp3) is 0.100. The van der Waals surface area contributed by atoms with Crippen LogP contribution in [0.1, 0.15) is 16.7 Å². The Hall–Kier alpha value is -4.51. The maximum Gasteiger partial charge on any atom is 0.416 e. The van der Waals surface area contributed by atoms with Crippen LogP contribution < -0.4 is 15.0 Å². The van der Waals surface area contributed by atoms with Crippen molar-refractivity contribution in [2.45, 2.75) is 12.8 Å². The molecule has 0 aliphatic carbocycles. The lowest BCUT2D eigenvalue weighted by Gasteiger charge is -2.14. The van der Waals surface area contributed by atoms with Crippen molar-refractivity contribution in [1.29, 1.82) is 0 Å². The van der Waals surface area contributed by atoms with Gasteiger partial charge >= 0.3 is 6.18 Å². The molecule has 0 aliphatic heterocycles. The molecule has 11 heteroatoms. The lowest BCUT2D eigenvalue weighted by molar-refractivity contribution is -0.137. The molecule has 0 saturated carbocycles. The Bertz CT molecular complexity index is 1840. The first-order chi connectivity index (χ1) is 19.7. The fourth-order valence-corrected chi connectivity index (χ4v) is 4.67. The zero-order valence-electron chi connectivity index (χ0n) is 21.3. The molecule has 5 rings (SSSR count). The van der Waals surface area contributed by atoms with Crippen LogP contribution in [-0.2, 0) is 12.8 Å². The first-order valence-electron chi connectivity index (χ1n) is 12.1. The third kappa shape index (κ3) is 5.99. The van der Waals surface area contributed by atoms with Gasteiger partial charge < -0.3 is 9.47 Å². The summed E-state index contributed by atoms with van der Waals surface area (Å²) in [4.78, 5) is 17.9. The highest BCUT2D eigenvalue weighted by Gasteiger charge is 2.31. The SMILES string of the molecule is COc1cc(C=Nn2c(-c3cccc(C(F)(F)F)c3)nc3ccccc3c2=O)cc(Br)c1OCc1ccccc1F.